The van der Waals surface area contributed by atoms with Crippen LogP contribution in [0.4, 0.5) is 0 Å². The Morgan fingerprint density at radius 1 is 1.17 bits per heavy atom. The summed E-state index contributed by atoms with van der Waals surface area (Å²) in [6, 6.07) is 11.9. The Hall–Kier alpha value is 0.0169. The number of rotatable bonds is 3. The van der Waals surface area contributed by atoms with Gasteiger partial charge in [0.1, 0.15) is 0 Å². The lowest BCUT2D eigenvalue weighted by Gasteiger charge is -2.13. The van der Waals surface area contributed by atoms with Gasteiger partial charge in [-0.1, -0.05) is 37.3 Å². The summed E-state index contributed by atoms with van der Waals surface area (Å²) in [5, 5.41) is 0. The highest BCUT2D eigenvalue weighted by Gasteiger charge is 2.25. The van der Waals surface area contributed by atoms with Crippen molar-refractivity contribution in [1.29, 1.82) is 0 Å². The number of halogens is 2. The van der Waals surface area contributed by atoms with Gasteiger partial charge in [0.2, 0.25) is 0 Å². The minimum atomic E-state index is -1.97. The van der Waals surface area contributed by atoms with Crippen LogP contribution in [0.3, 0.4) is 0 Å². The first-order chi connectivity index (χ1) is 5.64. The molecule has 0 aliphatic carbocycles. The van der Waals surface area contributed by atoms with Crippen LogP contribution in [0.25, 0.3) is 0 Å². The molecule has 0 aromatic heterocycles. The van der Waals surface area contributed by atoms with Crippen LogP contribution < -0.4 is 0 Å². The number of benzene rings is 1. The maximum atomic E-state index is 6.16. The molecule has 12 heavy (non-hydrogen) atoms. The topological polar surface area (TPSA) is 0 Å². The van der Waals surface area contributed by atoms with Gasteiger partial charge in [0, 0.05) is 0 Å². The molecule has 0 saturated carbocycles. The summed E-state index contributed by atoms with van der Waals surface area (Å²) in [4.78, 5) is 0. The Morgan fingerprint density at radius 2 is 1.75 bits per heavy atom. The quantitative estimate of drug-likeness (QED) is 0.537. The minimum absolute atomic E-state index is 0.855. The Morgan fingerprint density at radius 3 is 2.25 bits per heavy atom. The largest absolute Gasteiger partial charge is 0.255 e. The molecule has 0 heterocycles. The molecule has 66 valence electrons. The van der Waals surface area contributed by atoms with E-state index in [1.54, 1.807) is 0 Å². The lowest BCUT2D eigenvalue weighted by molar-refractivity contribution is 1.30. The third-order valence-electron chi connectivity index (χ3n) is 1.82. The van der Waals surface area contributed by atoms with E-state index in [1.807, 2.05) is 18.2 Å². The SMILES string of the molecule is CC[Si](Cl)(Cl)Cc1ccccc1. The van der Waals surface area contributed by atoms with Crippen molar-refractivity contribution in [3.05, 3.63) is 35.9 Å². The highest BCUT2D eigenvalue weighted by Crippen LogP contribution is 2.24. The molecule has 0 bridgehead atoms. The zero-order valence-electron chi connectivity index (χ0n) is 7.06. The average molecular weight is 219 g/mol. The van der Waals surface area contributed by atoms with Crippen LogP contribution in [0.1, 0.15) is 12.5 Å². The van der Waals surface area contributed by atoms with E-state index in [0.29, 0.717) is 0 Å². The fourth-order valence-corrected chi connectivity index (χ4v) is 3.03. The van der Waals surface area contributed by atoms with E-state index in [9.17, 15) is 0 Å². The average Bonchev–Trinajstić information content (AvgIpc) is 2.06. The fourth-order valence-electron chi connectivity index (χ4n) is 1.02. The van der Waals surface area contributed by atoms with Gasteiger partial charge < -0.3 is 0 Å². The second-order valence-corrected chi connectivity index (χ2v) is 10.6. The molecule has 1 rings (SSSR count). The summed E-state index contributed by atoms with van der Waals surface area (Å²) >= 11 is 12.3. The molecule has 0 saturated heterocycles. The molecule has 1 aromatic rings. The van der Waals surface area contributed by atoms with Crippen LogP contribution >= 0.6 is 22.2 Å². The summed E-state index contributed by atoms with van der Waals surface area (Å²) in [6.07, 6.45) is 0. The van der Waals surface area contributed by atoms with Crippen molar-refractivity contribution in [3.8, 4) is 0 Å². The molecule has 0 N–H and O–H groups in total. The van der Waals surface area contributed by atoms with Crippen LogP contribution in [0, 0.1) is 0 Å². The molecule has 0 radical (unpaired) electrons. The lowest BCUT2D eigenvalue weighted by Crippen LogP contribution is -2.21. The molecule has 0 fully saturated rings. The summed E-state index contributed by atoms with van der Waals surface area (Å²) in [6.45, 7) is 0.0771. The Kier molecular flexibility index (Phi) is 3.63. The number of hydrogen-bond donors (Lipinski definition) is 0. The first-order valence-electron chi connectivity index (χ1n) is 4.06. The standard InChI is InChI=1S/C9H12Cl2Si/c1-2-12(10,11)8-9-6-4-3-5-7-9/h3-7H,2,8H2,1H3. The van der Waals surface area contributed by atoms with Crippen molar-refractivity contribution in [3.63, 3.8) is 0 Å². The third-order valence-corrected chi connectivity index (χ3v) is 6.19. The molecule has 0 amide bonds. The van der Waals surface area contributed by atoms with E-state index in [1.165, 1.54) is 5.56 Å². The van der Waals surface area contributed by atoms with Crippen LogP contribution in [0.15, 0.2) is 30.3 Å². The van der Waals surface area contributed by atoms with Gasteiger partial charge in [0.15, 0.2) is 0 Å². The van der Waals surface area contributed by atoms with Crippen LogP contribution in [0.2, 0.25) is 6.04 Å². The molecule has 0 unspecified atom stereocenters. The van der Waals surface area contributed by atoms with Crippen molar-refractivity contribution in [2.45, 2.75) is 19.0 Å². The molecule has 0 aliphatic rings. The van der Waals surface area contributed by atoms with E-state index in [0.717, 1.165) is 12.1 Å². The Labute approximate surface area is 83.9 Å². The van der Waals surface area contributed by atoms with Gasteiger partial charge in [-0.3, -0.25) is 0 Å². The first-order valence-corrected chi connectivity index (χ1v) is 8.49. The van der Waals surface area contributed by atoms with E-state index < -0.39 is 6.69 Å². The zero-order chi connectivity index (χ0) is 9.03. The van der Waals surface area contributed by atoms with Gasteiger partial charge in [0.25, 0.3) is 6.69 Å². The maximum Gasteiger partial charge on any atom is 0.255 e. The molecule has 0 aliphatic heterocycles. The number of hydrogen-bond acceptors (Lipinski definition) is 0. The van der Waals surface area contributed by atoms with Crippen LogP contribution in [-0.2, 0) is 6.04 Å². The molecule has 1 aromatic carbocycles. The monoisotopic (exact) mass is 218 g/mol. The van der Waals surface area contributed by atoms with Crippen LogP contribution in [-0.4, -0.2) is 6.69 Å². The third kappa shape index (κ3) is 3.17. The Balaban J connectivity index is 2.64. The van der Waals surface area contributed by atoms with Crippen molar-refractivity contribution in [2.24, 2.45) is 0 Å². The molecule has 0 spiro atoms. The Bertz CT molecular complexity index is 234. The van der Waals surface area contributed by atoms with Gasteiger partial charge >= 0.3 is 0 Å². The molecular weight excluding hydrogens is 207 g/mol. The second kappa shape index (κ2) is 4.31. The summed E-state index contributed by atoms with van der Waals surface area (Å²) in [7, 11) is 0. The van der Waals surface area contributed by atoms with Crippen molar-refractivity contribution in [2.75, 3.05) is 0 Å². The lowest BCUT2D eigenvalue weighted by atomic mass is 10.2. The van der Waals surface area contributed by atoms with E-state index >= 15 is 0 Å². The van der Waals surface area contributed by atoms with E-state index in [2.05, 4.69) is 19.1 Å². The molecule has 0 atom stereocenters. The van der Waals surface area contributed by atoms with Gasteiger partial charge in [0.05, 0.1) is 0 Å². The highest BCUT2D eigenvalue weighted by atomic mass is 35.7. The van der Waals surface area contributed by atoms with Gasteiger partial charge in [-0.15, -0.1) is 22.2 Å². The van der Waals surface area contributed by atoms with Crippen molar-refractivity contribution < 1.29 is 0 Å². The second-order valence-electron chi connectivity index (χ2n) is 2.87. The summed E-state index contributed by atoms with van der Waals surface area (Å²) in [5.41, 5.74) is 1.25. The fraction of sp³-hybridized carbons (Fsp3) is 0.333. The normalized spacial score (nSPS) is 11.6. The maximum absolute atomic E-state index is 6.16. The highest BCUT2D eigenvalue weighted by molar-refractivity contribution is 7.45. The van der Waals surface area contributed by atoms with Crippen molar-refractivity contribution >= 4 is 28.9 Å². The van der Waals surface area contributed by atoms with Gasteiger partial charge in [-0.05, 0) is 17.7 Å². The molecule has 0 nitrogen and oxygen atoms in total. The first kappa shape index (κ1) is 10.1. The molecule has 3 heteroatoms. The molecular formula is C9H12Cl2Si. The smallest absolute Gasteiger partial charge is 0.146 e. The van der Waals surface area contributed by atoms with Gasteiger partial charge in [-0.2, -0.15) is 0 Å². The van der Waals surface area contributed by atoms with E-state index in [4.69, 9.17) is 22.2 Å². The minimum Gasteiger partial charge on any atom is -0.146 e. The summed E-state index contributed by atoms with van der Waals surface area (Å²) in [5.74, 6) is 0. The van der Waals surface area contributed by atoms with Gasteiger partial charge in [-0.25, -0.2) is 0 Å². The van der Waals surface area contributed by atoms with Crippen LogP contribution in [0.5, 0.6) is 0 Å². The van der Waals surface area contributed by atoms with Crippen molar-refractivity contribution in [1.82, 2.24) is 0 Å². The predicted molar refractivity (Wildman–Crippen MR) is 58.1 cm³/mol. The zero-order valence-corrected chi connectivity index (χ0v) is 9.57. The summed E-state index contributed by atoms with van der Waals surface area (Å²) < 4.78 is 0. The van der Waals surface area contributed by atoms with E-state index in [-0.39, 0.29) is 0 Å². The predicted octanol–water partition coefficient (Wildman–Crippen LogP) is 3.71.